The van der Waals surface area contributed by atoms with E-state index in [0.717, 1.165) is 44.8 Å². The average molecular weight is 397 g/mol. The van der Waals surface area contributed by atoms with Gasteiger partial charge in [0.2, 0.25) is 11.8 Å². The zero-order valence-electron chi connectivity index (χ0n) is 17.8. The first kappa shape index (κ1) is 20.1. The van der Waals surface area contributed by atoms with Crippen molar-refractivity contribution >= 4 is 5.91 Å². The number of hydrogen-bond donors (Lipinski definition) is 0. The van der Waals surface area contributed by atoms with Crippen LogP contribution in [0.1, 0.15) is 50.4 Å². The van der Waals surface area contributed by atoms with E-state index in [1.54, 1.807) is 0 Å². The van der Waals surface area contributed by atoms with E-state index in [-0.39, 0.29) is 11.3 Å². The topological polar surface area (TPSA) is 62.5 Å². The highest BCUT2D eigenvalue weighted by molar-refractivity contribution is 5.76. The van der Waals surface area contributed by atoms with E-state index in [2.05, 4.69) is 64.1 Å². The maximum absolute atomic E-state index is 12.9. The molecule has 2 aliphatic rings. The Morgan fingerprint density at radius 2 is 2.07 bits per heavy atom. The number of rotatable bonds is 6. The van der Waals surface area contributed by atoms with Crippen LogP contribution in [0.15, 0.2) is 34.9 Å². The molecular weight excluding hydrogens is 364 g/mol. The fourth-order valence-corrected chi connectivity index (χ4v) is 4.93. The minimum absolute atomic E-state index is 0.238. The molecule has 1 aromatic heterocycles. The number of piperidine rings is 1. The van der Waals surface area contributed by atoms with Gasteiger partial charge in [0.05, 0.1) is 5.41 Å². The van der Waals surface area contributed by atoms with Crippen molar-refractivity contribution in [2.24, 2.45) is 11.8 Å². The molecule has 0 saturated carbocycles. The fraction of sp³-hybridized carbons (Fsp3) is 0.609. The molecule has 0 radical (unpaired) electrons. The Bertz CT molecular complexity index is 834. The van der Waals surface area contributed by atoms with Gasteiger partial charge in [-0.3, -0.25) is 9.69 Å². The minimum Gasteiger partial charge on any atom is -0.342 e. The van der Waals surface area contributed by atoms with Gasteiger partial charge in [0.15, 0.2) is 5.82 Å². The molecule has 6 nitrogen and oxygen atoms in total. The normalized spacial score (nSPS) is 24.8. The van der Waals surface area contributed by atoms with Gasteiger partial charge >= 0.3 is 0 Å². The summed E-state index contributed by atoms with van der Waals surface area (Å²) in [6.07, 6.45) is 2.55. The molecule has 0 spiro atoms. The number of carbonyl (C=O) groups is 1. The summed E-state index contributed by atoms with van der Waals surface area (Å²) in [7, 11) is 0. The highest BCUT2D eigenvalue weighted by atomic mass is 16.5. The minimum atomic E-state index is -0.238. The molecule has 2 atom stereocenters. The lowest BCUT2D eigenvalue weighted by molar-refractivity contribution is -0.134. The maximum atomic E-state index is 12.9. The third kappa shape index (κ3) is 4.22. The van der Waals surface area contributed by atoms with Crippen LogP contribution in [0, 0.1) is 18.8 Å². The van der Waals surface area contributed by atoms with Gasteiger partial charge in [-0.1, -0.05) is 49.3 Å². The third-order valence-electron chi connectivity index (χ3n) is 6.50. The molecule has 0 unspecified atom stereocenters. The first-order valence-electron chi connectivity index (χ1n) is 10.8. The van der Waals surface area contributed by atoms with Gasteiger partial charge in [-0.25, -0.2) is 0 Å². The van der Waals surface area contributed by atoms with Crippen molar-refractivity contribution in [3.63, 3.8) is 0 Å². The number of carbonyl (C=O) groups excluding carboxylic acids is 1. The van der Waals surface area contributed by atoms with E-state index < -0.39 is 0 Å². The van der Waals surface area contributed by atoms with E-state index in [1.165, 1.54) is 5.56 Å². The van der Waals surface area contributed by atoms with Crippen LogP contribution in [0.3, 0.4) is 0 Å². The van der Waals surface area contributed by atoms with Gasteiger partial charge in [0.1, 0.15) is 0 Å². The van der Waals surface area contributed by atoms with E-state index in [0.29, 0.717) is 30.7 Å². The lowest BCUT2D eigenvalue weighted by atomic mass is 9.72. The SMILES string of the molecule is Cc1nc([C@@]23CN(Cc4ccccc4)C[C@@H]2CCN(C(=O)CCC(C)C)C3)no1. The number of hydrogen-bond acceptors (Lipinski definition) is 5. The molecule has 2 aromatic rings. The van der Waals surface area contributed by atoms with E-state index in [9.17, 15) is 4.79 Å². The van der Waals surface area contributed by atoms with Gasteiger partial charge in [-0.15, -0.1) is 0 Å². The molecule has 1 aromatic carbocycles. The van der Waals surface area contributed by atoms with E-state index in [1.807, 2.05) is 6.92 Å². The van der Waals surface area contributed by atoms with Crippen molar-refractivity contribution in [2.45, 2.75) is 52.0 Å². The summed E-state index contributed by atoms with van der Waals surface area (Å²) in [5, 5.41) is 4.33. The van der Waals surface area contributed by atoms with Crippen molar-refractivity contribution in [1.82, 2.24) is 19.9 Å². The van der Waals surface area contributed by atoms with Crippen molar-refractivity contribution < 1.29 is 9.32 Å². The Balaban J connectivity index is 1.56. The molecule has 6 heteroatoms. The molecule has 2 saturated heterocycles. The zero-order chi connectivity index (χ0) is 20.4. The second-order valence-electron chi connectivity index (χ2n) is 9.18. The van der Waals surface area contributed by atoms with Gasteiger partial charge in [0.25, 0.3) is 0 Å². The van der Waals surface area contributed by atoms with Crippen LogP contribution in [0.4, 0.5) is 0 Å². The van der Waals surface area contributed by atoms with Gasteiger partial charge in [-0.05, 0) is 30.2 Å². The van der Waals surface area contributed by atoms with Crippen LogP contribution in [-0.4, -0.2) is 52.0 Å². The number of aromatic nitrogens is 2. The van der Waals surface area contributed by atoms with Gasteiger partial charge in [0, 0.05) is 46.1 Å². The largest absolute Gasteiger partial charge is 0.342 e. The quantitative estimate of drug-likeness (QED) is 0.749. The van der Waals surface area contributed by atoms with Crippen molar-refractivity contribution in [1.29, 1.82) is 0 Å². The van der Waals surface area contributed by atoms with E-state index >= 15 is 0 Å². The van der Waals surface area contributed by atoms with Crippen LogP contribution in [0.5, 0.6) is 0 Å². The van der Waals surface area contributed by atoms with Crippen molar-refractivity contribution in [2.75, 3.05) is 26.2 Å². The summed E-state index contributed by atoms with van der Waals surface area (Å²) < 4.78 is 5.37. The molecule has 0 N–H and O–H groups in total. The summed E-state index contributed by atoms with van der Waals surface area (Å²) in [4.78, 5) is 22.1. The smallest absolute Gasteiger partial charge is 0.223 e. The summed E-state index contributed by atoms with van der Waals surface area (Å²) >= 11 is 0. The first-order chi connectivity index (χ1) is 14.0. The molecule has 4 rings (SSSR count). The summed E-state index contributed by atoms with van der Waals surface area (Å²) in [5.41, 5.74) is 1.08. The standard InChI is InChI=1S/C23H32N4O2/c1-17(2)9-10-21(28)27-12-11-20-14-26(13-19-7-5-4-6-8-19)15-23(20,16-27)22-24-18(3)29-25-22/h4-8,17,20H,9-16H2,1-3H3/t20-,23+/m0/s1. The Morgan fingerprint density at radius 3 is 2.76 bits per heavy atom. The lowest BCUT2D eigenvalue weighted by Crippen LogP contribution is -2.54. The summed E-state index contributed by atoms with van der Waals surface area (Å²) in [6.45, 7) is 10.5. The zero-order valence-corrected chi connectivity index (χ0v) is 17.8. The highest BCUT2D eigenvalue weighted by Gasteiger charge is 2.54. The molecule has 29 heavy (non-hydrogen) atoms. The van der Waals surface area contributed by atoms with Gasteiger partial charge < -0.3 is 9.42 Å². The summed E-state index contributed by atoms with van der Waals surface area (Å²) in [6, 6.07) is 10.6. The predicted octanol–water partition coefficient (Wildman–Crippen LogP) is 3.42. The predicted molar refractivity (Wildman–Crippen MR) is 111 cm³/mol. The third-order valence-corrected chi connectivity index (χ3v) is 6.50. The Morgan fingerprint density at radius 1 is 1.28 bits per heavy atom. The van der Waals surface area contributed by atoms with Gasteiger partial charge in [-0.2, -0.15) is 4.98 Å². The molecular formula is C23H32N4O2. The molecule has 2 fully saturated rings. The molecule has 3 heterocycles. The molecule has 0 bridgehead atoms. The van der Waals surface area contributed by atoms with Crippen LogP contribution in [-0.2, 0) is 16.8 Å². The fourth-order valence-electron chi connectivity index (χ4n) is 4.93. The van der Waals surface area contributed by atoms with Crippen LogP contribution in [0.25, 0.3) is 0 Å². The highest BCUT2D eigenvalue weighted by Crippen LogP contribution is 2.44. The second-order valence-corrected chi connectivity index (χ2v) is 9.18. The number of fused-ring (bicyclic) bond motifs is 1. The molecule has 156 valence electrons. The number of benzene rings is 1. The van der Waals surface area contributed by atoms with Crippen molar-refractivity contribution in [3.8, 4) is 0 Å². The maximum Gasteiger partial charge on any atom is 0.223 e. The Kier molecular flexibility index (Phi) is 5.72. The van der Waals surface area contributed by atoms with Crippen LogP contribution < -0.4 is 0 Å². The molecule has 1 amide bonds. The molecule has 2 aliphatic heterocycles. The van der Waals surface area contributed by atoms with Crippen molar-refractivity contribution in [3.05, 3.63) is 47.6 Å². The monoisotopic (exact) mass is 396 g/mol. The average Bonchev–Trinajstić information content (AvgIpc) is 3.30. The lowest BCUT2D eigenvalue weighted by Gasteiger charge is -2.42. The van der Waals surface area contributed by atoms with Crippen LogP contribution in [0.2, 0.25) is 0 Å². The van der Waals surface area contributed by atoms with E-state index in [4.69, 9.17) is 4.52 Å². The first-order valence-corrected chi connectivity index (χ1v) is 10.8. The number of nitrogens with zero attached hydrogens (tertiary/aromatic N) is 4. The number of likely N-dealkylation sites (tertiary alicyclic amines) is 2. The number of aryl methyl sites for hydroxylation is 1. The summed E-state index contributed by atoms with van der Waals surface area (Å²) in [5.74, 6) is 2.61. The van der Waals surface area contributed by atoms with Crippen LogP contribution >= 0.6 is 0 Å². The Labute approximate surface area is 173 Å². The Hall–Kier alpha value is -2.21. The number of amides is 1. The second kappa shape index (κ2) is 8.27. The molecule has 0 aliphatic carbocycles.